The molecule has 1 aromatic rings. The molecule has 2 aliphatic rings. The van der Waals surface area contributed by atoms with Crippen LogP contribution in [0, 0.1) is 11.8 Å². The summed E-state index contributed by atoms with van der Waals surface area (Å²) in [5, 5.41) is 3.06. The third-order valence-corrected chi connectivity index (χ3v) is 6.56. The summed E-state index contributed by atoms with van der Waals surface area (Å²) in [6.07, 6.45) is 2.60. The highest BCUT2D eigenvalue weighted by Gasteiger charge is 2.38. The molecule has 0 saturated carbocycles. The number of anilines is 1. The van der Waals surface area contributed by atoms with Gasteiger partial charge in [0.25, 0.3) is 0 Å². The lowest BCUT2D eigenvalue weighted by molar-refractivity contribution is -0.139. The van der Waals surface area contributed by atoms with Crippen LogP contribution in [-0.2, 0) is 14.4 Å². The molecule has 0 spiro atoms. The van der Waals surface area contributed by atoms with Crippen LogP contribution in [0.5, 0.6) is 0 Å². The van der Waals surface area contributed by atoms with Gasteiger partial charge in [-0.2, -0.15) is 0 Å². The topological polar surface area (TPSA) is 73.0 Å². The van der Waals surface area contributed by atoms with E-state index in [4.69, 9.17) is 0 Å². The molecular formula is C24H36N4O3. The molecule has 7 heteroatoms. The van der Waals surface area contributed by atoms with Gasteiger partial charge in [0.15, 0.2) is 0 Å². The first-order chi connectivity index (χ1) is 15.0. The second-order valence-corrected chi connectivity index (χ2v) is 8.51. The third-order valence-electron chi connectivity index (χ3n) is 6.56. The van der Waals surface area contributed by atoms with Gasteiger partial charge < -0.3 is 20.0 Å². The number of hydrogen-bond acceptors (Lipinski definition) is 4. The van der Waals surface area contributed by atoms with Gasteiger partial charge in [-0.05, 0) is 51.0 Å². The number of benzene rings is 1. The number of para-hydroxylation sites is 1. The number of likely N-dealkylation sites (tertiary alicyclic amines) is 1. The molecule has 0 radical (unpaired) electrons. The molecule has 0 aliphatic carbocycles. The molecule has 31 heavy (non-hydrogen) atoms. The van der Waals surface area contributed by atoms with E-state index in [0.717, 1.165) is 31.7 Å². The highest BCUT2D eigenvalue weighted by Crippen LogP contribution is 2.27. The quantitative estimate of drug-likeness (QED) is 0.612. The smallest absolute Gasteiger partial charge is 0.228 e. The van der Waals surface area contributed by atoms with E-state index < -0.39 is 0 Å². The van der Waals surface area contributed by atoms with E-state index in [1.54, 1.807) is 4.90 Å². The van der Waals surface area contributed by atoms with Gasteiger partial charge in [0.2, 0.25) is 17.7 Å². The van der Waals surface area contributed by atoms with E-state index in [1.807, 2.05) is 35.2 Å². The average molecular weight is 429 g/mol. The van der Waals surface area contributed by atoms with Crippen molar-refractivity contribution in [3.63, 3.8) is 0 Å². The van der Waals surface area contributed by atoms with Crippen LogP contribution in [0.15, 0.2) is 30.3 Å². The fourth-order valence-corrected chi connectivity index (χ4v) is 4.55. The van der Waals surface area contributed by atoms with Crippen molar-refractivity contribution in [3.05, 3.63) is 30.3 Å². The Morgan fingerprint density at radius 3 is 2.39 bits per heavy atom. The molecule has 7 nitrogen and oxygen atoms in total. The molecule has 3 amide bonds. The molecule has 0 bridgehead atoms. The predicted molar refractivity (Wildman–Crippen MR) is 122 cm³/mol. The third kappa shape index (κ3) is 6.06. The van der Waals surface area contributed by atoms with Crippen LogP contribution in [0.2, 0.25) is 0 Å². The average Bonchev–Trinajstić information content (AvgIpc) is 3.20. The highest BCUT2D eigenvalue weighted by molar-refractivity contribution is 6.00. The first-order valence-electron chi connectivity index (χ1n) is 11.7. The van der Waals surface area contributed by atoms with Gasteiger partial charge in [-0.1, -0.05) is 32.0 Å². The number of carbonyl (C=O) groups is 3. The van der Waals surface area contributed by atoms with Gasteiger partial charge in [-0.15, -0.1) is 0 Å². The lowest BCUT2D eigenvalue weighted by atomic mass is 9.94. The summed E-state index contributed by atoms with van der Waals surface area (Å²) in [7, 11) is 0. The predicted octanol–water partition coefficient (Wildman–Crippen LogP) is 2.13. The normalized spacial score (nSPS) is 19.8. The molecule has 2 heterocycles. The van der Waals surface area contributed by atoms with Crippen molar-refractivity contribution in [2.75, 3.05) is 50.7 Å². The maximum Gasteiger partial charge on any atom is 0.228 e. The summed E-state index contributed by atoms with van der Waals surface area (Å²) >= 11 is 0. The van der Waals surface area contributed by atoms with E-state index in [9.17, 15) is 14.4 Å². The molecular weight excluding hydrogens is 392 g/mol. The van der Waals surface area contributed by atoms with Crippen LogP contribution < -0.4 is 10.2 Å². The van der Waals surface area contributed by atoms with E-state index in [2.05, 4.69) is 24.1 Å². The van der Waals surface area contributed by atoms with Crippen molar-refractivity contribution in [1.29, 1.82) is 0 Å². The maximum absolute atomic E-state index is 13.0. The molecule has 170 valence electrons. The number of amides is 3. The van der Waals surface area contributed by atoms with E-state index in [0.29, 0.717) is 39.0 Å². The standard InChI is InChI=1S/C24H36N4O3/c1-3-26(4-2)14-8-13-25-23(30)19-11-15-27(16-12-19)24(31)20-17-22(29)28(18-20)21-9-6-5-7-10-21/h5-7,9-10,19-20H,3-4,8,11-18H2,1-2H3,(H,25,30). The van der Waals surface area contributed by atoms with Crippen LogP contribution in [-0.4, -0.2) is 73.3 Å². The van der Waals surface area contributed by atoms with Crippen molar-refractivity contribution < 1.29 is 14.4 Å². The monoisotopic (exact) mass is 428 g/mol. The fraction of sp³-hybridized carbons (Fsp3) is 0.625. The van der Waals surface area contributed by atoms with Crippen molar-refractivity contribution in [2.24, 2.45) is 11.8 Å². The fourth-order valence-electron chi connectivity index (χ4n) is 4.55. The summed E-state index contributed by atoms with van der Waals surface area (Å²) in [5.74, 6) is -0.159. The summed E-state index contributed by atoms with van der Waals surface area (Å²) in [5.41, 5.74) is 0.846. The first kappa shape index (κ1) is 23.3. The molecule has 2 saturated heterocycles. The maximum atomic E-state index is 13.0. The van der Waals surface area contributed by atoms with Crippen molar-refractivity contribution >= 4 is 23.4 Å². The Labute approximate surface area is 185 Å². The number of nitrogens with one attached hydrogen (secondary N) is 1. The second kappa shape index (κ2) is 11.3. The molecule has 2 aliphatic heterocycles. The number of hydrogen-bond donors (Lipinski definition) is 1. The van der Waals surface area contributed by atoms with Gasteiger partial charge in [0.1, 0.15) is 0 Å². The van der Waals surface area contributed by atoms with Gasteiger partial charge in [-0.25, -0.2) is 0 Å². The van der Waals surface area contributed by atoms with Crippen LogP contribution in [0.4, 0.5) is 5.69 Å². The number of nitrogens with zero attached hydrogens (tertiary/aromatic N) is 3. The first-order valence-corrected chi connectivity index (χ1v) is 11.7. The minimum atomic E-state index is -0.293. The number of piperidine rings is 1. The summed E-state index contributed by atoms with van der Waals surface area (Å²) < 4.78 is 0. The zero-order chi connectivity index (χ0) is 22.2. The largest absolute Gasteiger partial charge is 0.356 e. The second-order valence-electron chi connectivity index (χ2n) is 8.51. The Bertz CT molecular complexity index is 742. The molecule has 2 fully saturated rings. The van der Waals surface area contributed by atoms with Gasteiger partial charge in [0.05, 0.1) is 5.92 Å². The zero-order valence-corrected chi connectivity index (χ0v) is 18.9. The van der Waals surface area contributed by atoms with Crippen LogP contribution >= 0.6 is 0 Å². The summed E-state index contributed by atoms with van der Waals surface area (Å²) in [6.45, 7) is 9.69. The van der Waals surface area contributed by atoms with Crippen LogP contribution in [0.1, 0.15) is 39.5 Å². The Balaban J connectivity index is 1.41. The van der Waals surface area contributed by atoms with E-state index in [1.165, 1.54) is 0 Å². The Hall–Kier alpha value is -2.41. The van der Waals surface area contributed by atoms with Gasteiger partial charge in [-0.3, -0.25) is 14.4 Å². The lowest BCUT2D eigenvalue weighted by Gasteiger charge is -2.33. The molecule has 1 atom stereocenters. The van der Waals surface area contributed by atoms with Crippen LogP contribution in [0.3, 0.4) is 0 Å². The number of rotatable bonds is 9. The zero-order valence-electron chi connectivity index (χ0n) is 18.9. The molecule has 1 unspecified atom stereocenters. The van der Waals surface area contributed by atoms with Crippen LogP contribution in [0.25, 0.3) is 0 Å². The summed E-state index contributed by atoms with van der Waals surface area (Å²) in [6, 6.07) is 9.51. The Morgan fingerprint density at radius 1 is 1.06 bits per heavy atom. The Morgan fingerprint density at radius 2 is 1.74 bits per heavy atom. The van der Waals surface area contributed by atoms with Gasteiger partial charge in [0, 0.05) is 44.2 Å². The summed E-state index contributed by atoms with van der Waals surface area (Å²) in [4.78, 5) is 43.8. The minimum absolute atomic E-state index is 0.00326. The van der Waals surface area contributed by atoms with Crippen molar-refractivity contribution in [3.8, 4) is 0 Å². The lowest BCUT2D eigenvalue weighted by Crippen LogP contribution is -2.45. The van der Waals surface area contributed by atoms with Crippen molar-refractivity contribution in [2.45, 2.75) is 39.5 Å². The molecule has 1 N–H and O–H groups in total. The van der Waals surface area contributed by atoms with Crippen molar-refractivity contribution in [1.82, 2.24) is 15.1 Å². The SMILES string of the molecule is CCN(CC)CCCNC(=O)C1CCN(C(=O)C2CC(=O)N(c3ccccc3)C2)CC1. The molecule has 0 aromatic heterocycles. The van der Waals surface area contributed by atoms with Gasteiger partial charge >= 0.3 is 0 Å². The Kier molecular flexibility index (Phi) is 8.46. The van der Waals surface area contributed by atoms with E-state index in [-0.39, 0.29) is 36.0 Å². The minimum Gasteiger partial charge on any atom is -0.356 e. The number of carbonyl (C=O) groups excluding carboxylic acids is 3. The molecule has 1 aromatic carbocycles. The highest BCUT2D eigenvalue weighted by atomic mass is 16.2. The van der Waals surface area contributed by atoms with E-state index >= 15 is 0 Å². The molecule has 3 rings (SSSR count).